The highest BCUT2D eigenvalue weighted by Gasteiger charge is 2.32. The smallest absolute Gasteiger partial charge is 0.439 e. The molecule has 0 unspecified atom stereocenters. The molecule has 1 aromatic heterocycles. The molecule has 3 nitrogen and oxygen atoms in total. The second-order valence-electron chi connectivity index (χ2n) is 3.91. The predicted molar refractivity (Wildman–Crippen MR) is 69.9 cm³/mol. The Morgan fingerprint density at radius 1 is 1.15 bits per heavy atom. The van der Waals surface area contributed by atoms with E-state index >= 15 is 0 Å². The van der Waals surface area contributed by atoms with Gasteiger partial charge in [0.1, 0.15) is 11.5 Å². The molecule has 0 saturated carbocycles. The lowest BCUT2D eigenvalue weighted by atomic mass is 10.3. The number of benzene rings is 1. The van der Waals surface area contributed by atoms with E-state index in [1.54, 1.807) is 12.3 Å². The number of hydrogen-bond donors (Lipinski definition) is 0. The molecular formula is C13H9BrF3NO2. The summed E-state index contributed by atoms with van der Waals surface area (Å²) in [5, 5.41) is 0. The van der Waals surface area contributed by atoms with Crippen molar-refractivity contribution in [3.8, 4) is 17.4 Å². The summed E-state index contributed by atoms with van der Waals surface area (Å²) in [6.07, 6.45) is -3.15. The van der Waals surface area contributed by atoms with Crippen molar-refractivity contribution >= 4 is 15.9 Å². The Labute approximate surface area is 121 Å². The fourth-order valence-corrected chi connectivity index (χ4v) is 1.88. The molecule has 0 N–H and O–H groups in total. The van der Waals surface area contributed by atoms with Gasteiger partial charge in [0, 0.05) is 12.3 Å². The molecule has 0 fully saturated rings. The first-order chi connectivity index (χ1) is 9.33. The van der Waals surface area contributed by atoms with Gasteiger partial charge in [-0.3, -0.25) is 0 Å². The van der Waals surface area contributed by atoms with Gasteiger partial charge in [0.2, 0.25) is 5.88 Å². The largest absolute Gasteiger partial charge is 0.573 e. The summed E-state index contributed by atoms with van der Waals surface area (Å²) in [6.45, 7) is 1.88. The van der Waals surface area contributed by atoms with Crippen molar-refractivity contribution in [2.75, 3.05) is 0 Å². The molecule has 0 aliphatic heterocycles. The van der Waals surface area contributed by atoms with Gasteiger partial charge in [-0.05, 0) is 52.7 Å². The summed E-state index contributed by atoms with van der Waals surface area (Å²) in [4.78, 5) is 4.00. The van der Waals surface area contributed by atoms with Crippen molar-refractivity contribution in [2.24, 2.45) is 0 Å². The van der Waals surface area contributed by atoms with Crippen molar-refractivity contribution in [1.29, 1.82) is 0 Å². The molecule has 0 aliphatic rings. The summed E-state index contributed by atoms with van der Waals surface area (Å²) in [5.41, 5.74) is 0.964. The lowest BCUT2D eigenvalue weighted by Crippen LogP contribution is -2.17. The van der Waals surface area contributed by atoms with Gasteiger partial charge in [-0.25, -0.2) is 4.98 Å². The van der Waals surface area contributed by atoms with Crippen LogP contribution in [-0.4, -0.2) is 11.3 Å². The minimum absolute atomic E-state index is 0.139. The quantitative estimate of drug-likeness (QED) is 0.795. The molecule has 0 spiro atoms. The minimum atomic E-state index is -4.73. The van der Waals surface area contributed by atoms with E-state index in [1.807, 2.05) is 13.0 Å². The molecule has 0 bridgehead atoms. The van der Waals surface area contributed by atoms with Crippen LogP contribution in [-0.2, 0) is 0 Å². The molecule has 2 rings (SSSR count). The van der Waals surface area contributed by atoms with E-state index in [4.69, 9.17) is 4.74 Å². The van der Waals surface area contributed by atoms with Crippen molar-refractivity contribution in [2.45, 2.75) is 13.3 Å². The van der Waals surface area contributed by atoms with Crippen LogP contribution in [0, 0.1) is 6.92 Å². The Kier molecular flexibility index (Phi) is 4.17. The summed E-state index contributed by atoms with van der Waals surface area (Å²) in [5.74, 6) is 0.382. The normalized spacial score (nSPS) is 11.2. The van der Waals surface area contributed by atoms with E-state index in [0.717, 1.165) is 5.56 Å². The maximum atomic E-state index is 12.1. The first-order valence-electron chi connectivity index (χ1n) is 5.49. The highest BCUT2D eigenvalue weighted by molar-refractivity contribution is 9.10. The van der Waals surface area contributed by atoms with E-state index in [-0.39, 0.29) is 10.2 Å². The number of pyridine rings is 1. The van der Waals surface area contributed by atoms with Crippen LogP contribution in [0.5, 0.6) is 17.4 Å². The standard InChI is InChI=1S/C13H9BrF3NO2/c1-8-4-5-18-12(6-8)19-9-2-3-11(10(14)7-9)20-13(15,16)17/h2-7H,1H3. The first-order valence-corrected chi connectivity index (χ1v) is 6.28. The van der Waals surface area contributed by atoms with Gasteiger partial charge in [-0.15, -0.1) is 13.2 Å². The zero-order valence-corrected chi connectivity index (χ0v) is 11.8. The van der Waals surface area contributed by atoms with Gasteiger partial charge < -0.3 is 9.47 Å². The monoisotopic (exact) mass is 347 g/mol. The third-order valence-corrected chi connectivity index (χ3v) is 2.86. The van der Waals surface area contributed by atoms with Gasteiger partial charge in [0.15, 0.2) is 0 Å². The minimum Gasteiger partial charge on any atom is -0.439 e. The number of aryl methyl sites for hydroxylation is 1. The molecule has 7 heteroatoms. The van der Waals surface area contributed by atoms with Crippen LogP contribution in [0.1, 0.15) is 5.56 Å². The predicted octanol–water partition coefficient (Wildman–Crippen LogP) is 4.84. The maximum absolute atomic E-state index is 12.1. The molecule has 0 aliphatic carbocycles. The molecule has 0 amide bonds. The Balaban J connectivity index is 2.17. The number of hydrogen-bond acceptors (Lipinski definition) is 3. The van der Waals surface area contributed by atoms with Crippen molar-refractivity contribution in [3.63, 3.8) is 0 Å². The summed E-state index contributed by atoms with van der Waals surface area (Å²) >= 11 is 3.00. The van der Waals surface area contributed by atoms with Crippen LogP contribution >= 0.6 is 15.9 Å². The van der Waals surface area contributed by atoms with E-state index in [0.29, 0.717) is 11.6 Å². The van der Waals surface area contributed by atoms with Crippen molar-refractivity contribution in [3.05, 3.63) is 46.6 Å². The van der Waals surface area contributed by atoms with E-state index in [2.05, 4.69) is 25.7 Å². The summed E-state index contributed by atoms with van der Waals surface area (Å²) in [7, 11) is 0. The second-order valence-corrected chi connectivity index (χ2v) is 4.77. The lowest BCUT2D eigenvalue weighted by Gasteiger charge is -2.11. The van der Waals surface area contributed by atoms with Gasteiger partial charge in [0.25, 0.3) is 0 Å². The molecule has 1 aromatic carbocycles. The molecule has 0 saturated heterocycles. The Morgan fingerprint density at radius 2 is 1.90 bits per heavy atom. The zero-order valence-electron chi connectivity index (χ0n) is 10.2. The third-order valence-electron chi connectivity index (χ3n) is 2.24. The Hall–Kier alpha value is -1.76. The van der Waals surface area contributed by atoms with Gasteiger partial charge >= 0.3 is 6.36 Å². The average molecular weight is 348 g/mol. The number of ether oxygens (including phenoxy) is 2. The zero-order chi connectivity index (χ0) is 14.8. The van der Waals surface area contributed by atoms with Crippen LogP contribution in [0.15, 0.2) is 41.0 Å². The van der Waals surface area contributed by atoms with Crippen LogP contribution in [0.25, 0.3) is 0 Å². The fourth-order valence-electron chi connectivity index (χ4n) is 1.44. The second kappa shape index (κ2) is 5.70. The molecule has 20 heavy (non-hydrogen) atoms. The molecule has 0 radical (unpaired) electrons. The third kappa shape index (κ3) is 4.12. The van der Waals surface area contributed by atoms with Crippen LogP contribution in [0.3, 0.4) is 0 Å². The lowest BCUT2D eigenvalue weighted by molar-refractivity contribution is -0.274. The van der Waals surface area contributed by atoms with Crippen molar-refractivity contribution < 1.29 is 22.6 Å². The summed E-state index contributed by atoms with van der Waals surface area (Å²) in [6, 6.07) is 7.45. The topological polar surface area (TPSA) is 31.4 Å². The van der Waals surface area contributed by atoms with Crippen LogP contribution in [0.4, 0.5) is 13.2 Å². The van der Waals surface area contributed by atoms with Gasteiger partial charge in [-0.1, -0.05) is 0 Å². The van der Waals surface area contributed by atoms with E-state index < -0.39 is 6.36 Å². The number of alkyl halides is 3. The maximum Gasteiger partial charge on any atom is 0.573 e. The number of aromatic nitrogens is 1. The van der Waals surface area contributed by atoms with Crippen molar-refractivity contribution in [1.82, 2.24) is 4.98 Å². The van der Waals surface area contributed by atoms with Gasteiger partial charge in [-0.2, -0.15) is 0 Å². The number of halogens is 4. The molecule has 0 atom stereocenters. The van der Waals surface area contributed by atoms with Crippen LogP contribution < -0.4 is 9.47 Å². The molecule has 106 valence electrons. The highest BCUT2D eigenvalue weighted by atomic mass is 79.9. The van der Waals surface area contributed by atoms with E-state index in [1.165, 1.54) is 18.2 Å². The van der Waals surface area contributed by atoms with Crippen LogP contribution in [0.2, 0.25) is 0 Å². The summed E-state index contributed by atoms with van der Waals surface area (Å²) < 4.78 is 45.8. The number of rotatable bonds is 3. The Bertz CT molecular complexity index is 617. The fraction of sp³-hybridized carbons (Fsp3) is 0.154. The van der Waals surface area contributed by atoms with Gasteiger partial charge in [0.05, 0.1) is 4.47 Å². The SMILES string of the molecule is Cc1ccnc(Oc2ccc(OC(F)(F)F)c(Br)c2)c1. The molecule has 1 heterocycles. The van der Waals surface area contributed by atoms with E-state index in [9.17, 15) is 13.2 Å². The molecular weight excluding hydrogens is 339 g/mol. The highest BCUT2D eigenvalue weighted by Crippen LogP contribution is 2.34. The average Bonchev–Trinajstić information content (AvgIpc) is 2.31. The Morgan fingerprint density at radius 3 is 2.50 bits per heavy atom. The molecule has 2 aromatic rings. The number of nitrogens with zero attached hydrogens (tertiary/aromatic N) is 1. The first kappa shape index (κ1) is 14.6.